The summed E-state index contributed by atoms with van der Waals surface area (Å²) in [4.78, 5) is 8.08. The fraction of sp³-hybridized carbons (Fsp3) is 0.136. The first-order valence-electron chi connectivity index (χ1n) is 9.17. The second kappa shape index (κ2) is 10.3. The molecular weight excluding hydrogens is 423 g/mol. The zero-order chi connectivity index (χ0) is 21.5. The van der Waals surface area contributed by atoms with Gasteiger partial charge in [0.25, 0.3) is 0 Å². The zero-order valence-electron chi connectivity index (χ0n) is 16.5. The lowest BCUT2D eigenvalue weighted by Gasteiger charge is -2.09. The third-order valence-electron chi connectivity index (χ3n) is 4.25. The Bertz CT molecular complexity index is 1120. The molecule has 0 bridgehead atoms. The number of aromatic amines is 1. The second-order valence-corrected chi connectivity index (χ2v) is 7.28. The fourth-order valence-corrected chi connectivity index (χ4v) is 3.26. The first-order valence-corrected chi connectivity index (χ1v) is 9.99. The highest BCUT2D eigenvalue weighted by molar-refractivity contribution is 7.80. The van der Waals surface area contributed by atoms with Gasteiger partial charge in [0.1, 0.15) is 5.82 Å². The molecule has 3 N–H and O–H groups in total. The number of aromatic nitrogens is 2. The number of rotatable bonds is 5. The Hall–Kier alpha value is -2.74. The molecule has 2 aromatic heterocycles. The summed E-state index contributed by atoms with van der Waals surface area (Å²) in [7, 11) is 3.50. The van der Waals surface area contributed by atoms with E-state index in [2.05, 4.69) is 45.4 Å². The molecule has 156 valence electrons. The van der Waals surface area contributed by atoms with Crippen molar-refractivity contribution in [2.45, 2.75) is 11.4 Å². The van der Waals surface area contributed by atoms with Gasteiger partial charge in [-0.1, -0.05) is 23.7 Å². The van der Waals surface area contributed by atoms with E-state index in [9.17, 15) is 4.39 Å². The fourth-order valence-electron chi connectivity index (χ4n) is 2.86. The SMILES string of the molecule is CNCc1c[nH]c2cc(Nc3ccc(OC)nc3Cl)ccc12.Fc1cccc(S)c1. The third kappa shape index (κ3) is 5.66. The van der Waals surface area contributed by atoms with Gasteiger partial charge in [-0.3, -0.25) is 0 Å². The Labute approximate surface area is 185 Å². The van der Waals surface area contributed by atoms with Crippen LogP contribution in [-0.4, -0.2) is 24.1 Å². The maximum Gasteiger partial charge on any atom is 0.214 e. The van der Waals surface area contributed by atoms with Crippen molar-refractivity contribution in [1.82, 2.24) is 15.3 Å². The molecule has 30 heavy (non-hydrogen) atoms. The van der Waals surface area contributed by atoms with Gasteiger partial charge in [0.2, 0.25) is 5.88 Å². The average Bonchev–Trinajstić information content (AvgIpc) is 3.12. The van der Waals surface area contributed by atoms with Crippen LogP contribution in [0.25, 0.3) is 10.9 Å². The first kappa shape index (κ1) is 22.0. The van der Waals surface area contributed by atoms with Crippen molar-refractivity contribution >= 4 is 46.5 Å². The van der Waals surface area contributed by atoms with Gasteiger partial charge >= 0.3 is 0 Å². The van der Waals surface area contributed by atoms with Crippen LogP contribution in [0.2, 0.25) is 5.15 Å². The number of hydrogen-bond acceptors (Lipinski definition) is 5. The Morgan fingerprint density at radius 3 is 2.63 bits per heavy atom. The van der Waals surface area contributed by atoms with E-state index in [0.29, 0.717) is 15.9 Å². The number of nitrogens with zero attached hydrogens (tertiary/aromatic N) is 1. The maximum atomic E-state index is 12.1. The molecule has 2 heterocycles. The van der Waals surface area contributed by atoms with Crippen LogP contribution in [0.4, 0.5) is 15.8 Å². The minimum absolute atomic E-state index is 0.238. The van der Waals surface area contributed by atoms with E-state index in [1.54, 1.807) is 25.3 Å². The number of benzene rings is 2. The quantitative estimate of drug-likeness (QED) is 0.232. The highest BCUT2D eigenvalue weighted by atomic mass is 35.5. The Kier molecular flexibility index (Phi) is 7.57. The number of nitrogens with one attached hydrogen (secondary N) is 3. The van der Waals surface area contributed by atoms with Crippen LogP contribution in [0.1, 0.15) is 5.56 Å². The van der Waals surface area contributed by atoms with Crippen LogP contribution < -0.4 is 15.4 Å². The van der Waals surface area contributed by atoms with Crippen molar-refractivity contribution in [3.8, 4) is 5.88 Å². The highest BCUT2D eigenvalue weighted by Crippen LogP contribution is 2.28. The molecule has 0 fully saturated rings. The summed E-state index contributed by atoms with van der Waals surface area (Å²) < 4.78 is 17.2. The molecule has 4 rings (SSSR count). The molecule has 0 saturated heterocycles. The van der Waals surface area contributed by atoms with E-state index in [4.69, 9.17) is 16.3 Å². The largest absolute Gasteiger partial charge is 0.481 e. The molecule has 0 atom stereocenters. The summed E-state index contributed by atoms with van der Waals surface area (Å²) in [6, 6.07) is 15.9. The number of H-pyrrole nitrogens is 1. The summed E-state index contributed by atoms with van der Waals surface area (Å²) in [6.07, 6.45) is 2.02. The zero-order valence-corrected chi connectivity index (χ0v) is 18.2. The predicted octanol–water partition coefficient (Wildman–Crippen LogP) is 5.80. The van der Waals surface area contributed by atoms with Crippen molar-refractivity contribution in [1.29, 1.82) is 0 Å². The lowest BCUT2D eigenvalue weighted by atomic mass is 10.1. The van der Waals surface area contributed by atoms with Crippen LogP contribution in [-0.2, 0) is 6.54 Å². The van der Waals surface area contributed by atoms with E-state index in [-0.39, 0.29) is 5.82 Å². The van der Waals surface area contributed by atoms with E-state index >= 15 is 0 Å². The summed E-state index contributed by atoms with van der Waals surface area (Å²) in [5, 5.41) is 8.02. The van der Waals surface area contributed by atoms with Crippen LogP contribution in [0, 0.1) is 5.82 Å². The van der Waals surface area contributed by atoms with Crippen LogP contribution in [0.15, 0.2) is 65.7 Å². The molecule has 0 aliphatic carbocycles. The topological polar surface area (TPSA) is 62.0 Å². The first-order chi connectivity index (χ1) is 14.5. The van der Waals surface area contributed by atoms with Crippen LogP contribution >= 0.6 is 24.2 Å². The van der Waals surface area contributed by atoms with Gasteiger partial charge in [-0.05, 0) is 49.0 Å². The van der Waals surface area contributed by atoms with Crippen molar-refractivity contribution in [2.75, 3.05) is 19.5 Å². The van der Waals surface area contributed by atoms with E-state index in [0.717, 1.165) is 23.4 Å². The van der Waals surface area contributed by atoms with Crippen LogP contribution in [0.5, 0.6) is 5.88 Å². The lowest BCUT2D eigenvalue weighted by molar-refractivity contribution is 0.398. The standard InChI is InChI=1S/C16H17ClN4O.C6H5FS/c1-18-8-10-9-19-14-7-11(3-4-12(10)14)20-13-5-6-15(22-2)21-16(13)17;7-5-2-1-3-6(8)4-5/h3-7,9,18-20H,8H2,1-2H3;1-4,8H. The predicted molar refractivity (Wildman–Crippen MR) is 124 cm³/mol. The van der Waals surface area contributed by atoms with E-state index in [1.807, 2.05) is 25.4 Å². The molecule has 2 aromatic carbocycles. The van der Waals surface area contributed by atoms with Gasteiger partial charge in [0.05, 0.1) is 12.8 Å². The molecule has 0 unspecified atom stereocenters. The number of ether oxygens (including phenoxy) is 1. The van der Waals surface area contributed by atoms with Gasteiger partial charge in [0, 0.05) is 40.3 Å². The molecule has 0 aliphatic rings. The van der Waals surface area contributed by atoms with Crippen LogP contribution in [0.3, 0.4) is 0 Å². The average molecular weight is 445 g/mol. The molecular formula is C22H22ClFN4OS. The number of thiol groups is 1. The summed E-state index contributed by atoms with van der Waals surface area (Å²) in [5.74, 6) is 0.254. The summed E-state index contributed by atoms with van der Waals surface area (Å²) in [5.41, 5.74) is 4.00. The molecule has 5 nitrogen and oxygen atoms in total. The minimum atomic E-state index is -0.238. The highest BCUT2D eigenvalue weighted by Gasteiger charge is 2.07. The number of methoxy groups -OCH3 is 1. The molecule has 0 saturated carbocycles. The molecule has 0 spiro atoms. The van der Waals surface area contributed by atoms with Gasteiger partial charge in [-0.25, -0.2) is 4.39 Å². The lowest BCUT2D eigenvalue weighted by Crippen LogP contribution is -2.03. The maximum absolute atomic E-state index is 12.1. The van der Waals surface area contributed by atoms with Crippen molar-refractivity contribution in [3.05, 3.63) is 77.3 Å². The van der Waals surface area contributed by atoms with Gasteiger partial charge in [-0.15, -0.1) is 12.6 Å². The molecule has 4 aromatic rings. The Balaban J connectivity index is 0.000000269. The third-order valence-corrected chi connectivity index (χ3v) is 4.82. The second-order valence-electron chi connectivity index (χ2n) is 6.40. The van der Waals surface area contributed by atoms with Crippen molar-refractivity contribution < 1.29 is 9.13 Å². The molecule has 8 heteroatoms. The molecule has 0 radical (unpaired) electrons. The van der Waals surface area contributed by atoms with Crippen molar-refractivity contribution in [3.63, 3.8) is 0 Å². The molecule has 0 amide bonds. The number of anilines is 2. The monoisotopic (exact) mass is 444 g/mol. The summed E-state index contributed by atoms with van der Waals surface area (Å²) in [6.45, 7) is 0.834. The number of halogens is 2. The number of pyridine rings is 1. The van der Waals surface area contributed by atoms with Gasteiger partial charge in [-0.2, -0.15) is 4.98 Å². The number of hydrogen-bond donors (Lipinski definition) is 4. The Morgan fingerprint density at radius 1 is 1.17 bits per heavy atom. The van der Waals surface area contributed by atoms with E-state index < -0.39 is 0 Å². The number of fused-ring (bicyclic) bond motifs is 1. The Morgan fingerprint density at radius 2 is 2.00 bits per heavy atom. The summed E-state index contributed by atoms with van der Waals surface area (Å²) >= 11 is 10.1. The van der Waals surface area contributed by atoms with Gasteiger partial charge < -0.3 is 20.4 Å². The van der Waals surface area contributed by atoms with Gasteiger partial charge in [0.15, 0.2) is 5.15 Å². The van der Waals surface area contributed by atoms with Crippen molar-refractivity contribution in [2.24, 2.45) is 0 Å². The molecule has 0 aliphatic heterocycles. The normalized spacial score (nSPS) is 10.4. The minimum Gasteiger partial charge on any atom is -0.481 e. The smallest absolute Gasteiger partial charge is 0.214 e. The van der Waals surface area contributed by atoms with E-state index in [1.165, 1.54) is 23.1 Å².